The Hall–Kier alpha value is -0.720. The molecule has 18 heavy (non-hydrogen) atoms. The smallest absolute Gasteiger partial charge is 0.0461 e. The van der Waals surface area contributed by atoms with Gasteiger partial charge in [0, 0.05) is 11.7 Å². The first-order valence-corrected chi connectivity index (χ1v) is 7.59. The summed E-state index contributed by atoms with van der Waals surface area (Å²) in [6, 6.07) is 0.396. The van der Waals surface area contributed by atoms with E-state index in [0.29, 0.717) is 12.0 Å². The van der Waals surface area contributed by atoms with Gasteiger partial charge in [-0.3, -0.25) is 0 Å². The van der Waals surface area contributed by atoms with Crippen molar-refractivity contribution in [2.75, 3.05) is 0 Å². The molecule has 1 atom stereocenters. The summed E-state index contributed by atoms with van der Waals surface area (Å²) in [5.74, 6) is 1.42. The summed E-state index contributed by atoms with van der Waals surface area (Å²) in [6.07, 6.45) is 10.6. The topological polar surface area (TPSA) is 12.0 Å². The van der Waals surface area contributed by atoms with E-state index in [1.54, 1.807) is 0 Å². The molecule has 1 unspecified atom stereocenters. The van der Waals surface area contributed by atoms with Gasteiger partial charge in [0.25, 0.3) is 0 Å². The zero-order chi connectivity index (χ0) is 14.0. The van der Waals surface area contributed by atoms with Crippen molar-refractivity contribution in [3.8, 4) is 0 Å². The number of rotatable bonds is 10. The molecule has 0 radical (unpaired) electrons. The van der Waals surface area contributed by atoms with E-state index < -0.39 is 0 Å². The third-order valence-corrected chi connectivity index (χ3v) is 3.25. The van der Waals surface area contributed by atoms with Crippen LogP contribution in [-0.2, 0) is 0 Å². The Kier molecular flexibility index (Phi) is 9.82. The predicted octanol–water partition coefficient (Wildman–Crippen LogP) is 5.30. The van der Waals surface area contributed by atoms with Crippen molar-refractivity contribution >= 4 is 0 Å². The van der Waals surface area contributed by atoms with Crippen molar-refractivity contribution in [3.63, 3.8) is 0 Å². The number of hydrogen-bond acceptors (Lipinski definition) is 1. The average Bonchev–Trinajstić information content (AvgIpc) is 2.30. The SMILES string of the molecule is C=CC(N/C(=C/CC)CCCCC(C)C)C(C)C. The maximum Gasteiger partial charge on any atom is 0.0461 e. The highest BCUT2D eigenvalue weighted by Crippen LogP contribution is 2.14. The lowest BCUT2D eigenvalue weighted by Crippen LogP contribution is -2.31. The Morgan fingerprint density at radius 1 is 1.17 bits per heavy atom. The number of allylic oxidation sites excluding steroid dienone is 2. The molecule has 0 aromatic heterocycles. The van der Waals surface area contributed by atoms with Crippen LogP contribution >= 0.6 is 0 Å². The summed E-state index contributed by atoms with van der Waals surface area (Å²) in [4.78, 5) is 0. The molecule has 0 saturated heterocycles. The van der Waals surface area contributed by atoms with E-state index in [2.05, 4.69) is 52.6 Å². The summed E-state index contributed by atoms with van der Waals surface area (Å²) in [5.41, 5.74) is 1.40. The molecular formula is C17H33N. The van der Waals surface area contributed by atoms with Gasteiger partial charge in [0.05, 0.1) is 0 Å². The molecule has 0 aliphatic heterocycles. The van der Waals surface area contributed by atoms with Gasteiger partial charge in [-0.1, -0.05) is 59.6 Å². The van der Waals surface area contributed by atoms with Crippen molar-refractivity contribution < 1.29 is 0 Å². The van der Waals surface area contributed by atoms with Gasteiger partial charge in [-0.05, 0) is 31.1 Å². The first-order chi connectivity index (χ1) is 8.51. The molecular weight excluding hydrogens is 218 g/mol. The standard InChI is InChI=1S/C17H33N/c1-7-11-16(13-10-9-12-14(3)4)18-17(8-2)15(5)6/h8,11,14-15,17-18H,2,7,9-10,12-13H2,1,3-6H3/b16-11+. The molecule has 1 nitrogen and oxygen atoms in total. The molecule has 0 aromatic carbocycles. The van der Waals surface area contributed by atoms with Gasteiger partial charge in [-0.15, -0.1) is 6.58 Å². The minimum atomic E-state index is 0.396. The van der Waals surface area contributed by atoms with E-state index in [0.717, 1.165) is 12.3 Å². The summed E-state index contributed by atoms with van der Waals surface area (Å²) < 4.78 is 0. The molecule has 0 fully saturated rings. The first kappa shape index (κ1) is 17.3. The zero-order valence-electron chi connectivity index (χ0n) is 13.1. The van der Waals surface area contributed by atoms with Crippen LogP contribution in [0.4, 0.5) is 0 Å². The Morgan fingerprint density at radius 3 is 2.28 bits per heavy atom. The van der Waals surface area contributed by atoms with E-state index in [1.165, 1.54) is 31.4 Å². The summed E-state index contributed by atoms with van der Waals surface area (Å²) in [6.45, 7) is 15.2. The molecule has 0 bridgehead atoms. The van der Waals surface area contributed by atoms with Crippen molar-refractivity contribution in [1.82, 2.24) is 5.32 Å². The quantitative estimate of drug-likeness (QED) is 0.410. The van der Waals surface area contributed by atoms with E-state index in [-0.39, 0.29) is 0 Å². The monoisotopic (exact) mass is 251 g/mol. The minimum Gasteiger partial charge on any atom is -0.382 e. The van der Waals surface area contributed by atoms with Crippen LogP contribution in [0.1, 0.15) is 66.7 Å². The second-order valence-corrected chi connectivity index (χ2v) is 5.93. The number of nitrogens with one attached hydrogen (secondary N) is 1. The summed E-state index contributed by atoms with van der Waals surface area (Å²) in [5, 5.41) is 3.64. The van der Waals surface area contributed by atoms with Crippen LogP contribution in [0, 0.1) is 11.8 Å². The Bertz CT molecular complexity index is 238. The second kappa shape index (κ2) is 10.2. The van der Waals surface area contributed by atoms with Crippen LogP contribution in [-0.4, -0.2) is 6.04 Å². The van der Waals surface area contributed by atoms with Crippen LogP contribution in [0.2, 0.25) is 0 Å². The highest BCUT2D eigenvalue weighted by Gasteiger charge is 2.09. The fourth-order valence-electron chi connectivity index (χ4n) is 2.06. The molecule has 0 saturated carbocycles. The average molecular weight is 251 g/mol. The second-order valence-electron chi connectivity index (χ2n) is 5.93. The normalized spacial score (nSPS) is 14.1. The largest absolute Gasteiger partial charge is 0.382 e. The molecule has 0 aromatic rings. The molecule has 0 aliphatic rings. The van der Waals surface area contributed by atoms with Gasteiger partial charge in [-0.2, -0.15) is 0 Å². The lowest BCUT2D eigenvalue weighted by molar-refractivity contribution is 0.482. The summed E-state index contributed by atoms with van der Waals surface area (Å²) in [7, 11) is 0. The van der Waals surface area contributed by atoms with Gasteiger partial charge in [0.2, 0.25) is 0 Å². The maximum absolute atomic E-state index is 3.93. The van der Waals surface area contributed by atoms with E-state index in [9.17, 15) is 0 Å². The molecule has 1 N–H and O–H groups in total. The van der Waals surface area contributed by atoms with Gasteiger partial charge >= 0.3 is 0 Å². The Balaban J connectivity index is 4.15. The lowest BCUT2D eigenvalue weighted by Gasteiger charge is -2.22. The van der Waals surface area contributed by atoms with E-state index in [4.69, 9.17) is 0 Å². The Morgan fingerprint density at radius 2 is 1.83 bits per heavy atom. The third-order valence-electron chi connectivity index (χ3n) is 3.25. The molecule has 0 aliphatic carbocycles. The molecule has 0 heterocycles. The molecule has 0 spiro atoms. The van der Waals surface area contributed by atoms with Gasteiger partial charge in [0.1, 0.15) is 0 Å². The Labute approximate surface area is 115 Å². The van der Waals surface area contributed by atoms with Crippen molar-refractivity contribution in [2.45, 2.75) is 72.8 Å². The number of hydrogen-bond donors (Lipinski definition) is 1. The highest BCUT2D eigenvalue weighted by atomic mass is 14.9. The van der Waals surface area contributed by atoms with Crippen molar-refractivity contribution in [2.24, 2.45) is 11.8 Å². The third kappa shape index (κ3) is 8.38. The highest BCUT2D eigenvalue weighted by molar-refractivity contribution is 5.04. The van der Waals surface area contributed by atoms with Gasteiger partial charge in [0.15, 0.2) is 0 Å². The van der Waals surface area contributed by atoms with Crippen molar-refractivity contribution in [3.05, 3.63) is 24.4 Å². The summed E-state index contributed by atoms with van der Waals surface area (Å²) >= 11 is 0. The van der Waals surface area contributed by atoms with Crippen LogP contribution in [0.3, 0.4) is 0 Å². The van der Waals surface area contributed by atoms with E-state index >= 15 is 0 Å². The van der Waals surface area contributed by atoms with Crippen molar-refractivity contribution in [1.29, 1.82) is 0 Å². The zero-order valence-corrected chi connectivity index (χ0v) is 13.1. The van der Waals surface area contributed by atoms with Crippen LogP contribution in [0.25, 0.3) is 0 Å². The van der Waals surface area contributed by atoms with E-state index in [1.807, 2.05) is 6.08 Å². The van der Waals surface area contributed by atoms with Crippen LogP contribution < -0.4 is 5.32 Å². The van der Waals surface area contributed by atoms with Crippen LogP contribution in [0.5, 0.6) is 0 Å². The molecule has 0 amide bonds. The minimum absolute atomic E-state index is 0.396. The molecule has 106 valence electrons. The fraction of sp³-hybridized carbons (Fsp3) is 0.765. The maximum atomic E-state index is 3.93. The lowest BCUT2D eigenvalue weighted by atomic mass is 10.0. The fourth-order valence-corrected chi connectivity index (χ4v) is 2.06. The van der Waals surface area contributed by atoms with Gasteiger partial charge < -0.3 is 5.32 Å². The van der Waals surface area contributed by atoms with Crippen LogP contribution in [0.15, 0.2) is 24.4 Å². The molecule has 0 rings (SSSR count). The van der Waals surface area contributed by atoms with Gasteiger partial charge in [-0.25, -0.2) is 0 Å². The number of unbranched alkanes of at least 4 members (excludes halogenated alkanes) is 1. The predicted molar refractivity (Wildman–Crippen MR) is 83.6 cm³/mol. The molecule has 1 heteroatoms. The first-order valence-electron chi connectivity index (χ1n) is 7.59.